The predicted molar refractivity (Wildman–Crippen MR) is 129 cm³/mol. The molecule has 1 unspecified atom stereocenters. The van der Waals surface area contributed by atoms with Gasteiger partial charge in [-0.15, -0.1) is 10.2 Å². The number of halogens is 1. The molecule has 12 heteroatoms. The number of hydrogen-bond donors (Lipinski definition) is 1. The topological polar surface area (TPSA) is 121 Å². The molecule has 0 aliphatic carbocycles. The van der Waals surface area contributed by atoms with Gasteiger partial charge in [0.2, 0.25) is 0 Å². The van der Waals surface area contributed by atoms with Crippen LogP contribution in [0.1, 0.15) is 42.5 Å². The standard InChI is InChI=1S/C22H28FN7O3S/c1-6-11-29-18(24)17(20(32)28(5)22(29)33)16(31)12-34-21-26-25-19(13(2)27(3)4)30(21)15-9-7-14(23)8-10-15/h7-10,13H,6,11-12,24H2,1-5H3. The third-order valence-electron chi connectivity index (χ3n) is 5.53. The SMILES string of the molecule is CCCn1c(N)c(C(=O)CSc2nnc(C(C)N(C)C)n2-c2ccc(F)cc2)c(=O)n(C)c1=O. The average molecular weight is 490 g/mol. The zero-order valence-electron chi connectivity index (χ0n) is 19.8. The summed E-state index contributed by atoms with van der Waals surface area (Å²) in [6.07, 6.45) is 0.609. The van der Waals surface area contributed by atoms with E-state index in [0.29, 0.717) is 23.1 Å². The van der Waals surface area contributed by atoms with E-state index in [1.54, 1.807) is 16.7 Å². The number of ketones is 1. The Kier molecular flexibility index (Phi) is 7.72. The van der Waals surface area contributed by atoms with Crippen molar-refractivity contribution in [1.29, 1.82) is 0 Å². The number of benzene rings is 1. The number of thioether (sulfide) groups is 1. The summed E-state index contributed by atoms with van der Waals surface area (Å²) >= 11 is 1.08. The highest BCUT2D eigenvalue weighted by Crippen LogP contribution is 2.27. The van der Waals surface area contributed by atoms with Crippen molar-refractivity contribution in [1.82, 2.24) is 28.8 Å². The Morgan fingerprint density at radius 3 is 2.44 bits per heavy atom. The van der Waals surface area contributed by atoms with Crippen molar-refractivity contribution in [2.24, 2.45) is 7.05 Å². The first-order valence-corrected chi connectivity index (χ1v) is 11.7. The highest BCUT2D eigenvalue weighted by atomic mass is 32.2. The molecule has 10 nitrogen and oxygen atoms in total. The molecular formula is C22H28FN7O3S. The Balaban J connectivity index is 1.99. The summed E-state index contributed by atoms with van der Waals surface area (Å²) in [5, 5.41) is 8.94. The van der Waals surface area contributed by atoms with E-state index in [1.165, 1.54) is 23.7 Å². The van der Waals surface area contributed by atoms with E-state index in [4.69, 9.17) is 5.73 Å². The number of aromatic nitrogens is 5. The molecule has 182 valence electrons. The Morgan fingerprint density at radius 2 is 1.85 bits per heavy atom. The Bertz CT molecular complexity index is 1310. The first-order valence-electron chi connectivity index (χ1n) is 10.7. The van der Waals surface area contributed by atoms with Gasteiger partial charge >= 0.3 is 5.69 Å². The zero-order valence-corrected chi connectivity index (χ0v) is 20.6. The molecular weight excluding hydrogens is 461 g/mol. The number of nitrogens with two attached hydrogens (primary N) is 1. The molecule has 1 aromatic carbocycles. The molecule has 1 atom stereocenters. The van der Waals surface area contributed by atoms with Crippen molar-refractivity contribution in [2.45, 2.75) is 38.0 Å². The molecule has 0 bridgehead atoms. The van der Waals surface area contributed by atoms with Crippen molar-refractivity contribution in [3.05, 3.63) is 62.3 Å². The molecule has 0 amide bonds. The summed E-state index contributed by atoms with van der Waals surface area (Å²) in [7, 11) is 5.11. The summed E-state index contributed by atoms with van der Waals surface area (Å²) in [5.74, 6) is -0.582. The molecule has 0 spiro atoms. The molecule has 0 aliphatic rings. The Labute approximate surface area is 200 Å². The molecule has 2 aromatic heterocycles. The fourth-order valence-electron chi connectivity index (χ4n) is 3.40. The number of Topliss-reactive ketones (excluding diaryl/α,β-unsaturated/α-hetero) is 1. The number of anilines is 1. The number of rotatable bonds is 9. The summed E-state index contributed by atoms with van der Waals surface area (Å²) in [6, 6.07) is 5.75. The monoisotopic (exact) mass is 489 g/mol. The minimum atomic E-state index is -0.734. The van der Waals surface area contributed by atoms with Crippen LogP contribution in [0.3, 0.4) is 0 Å². The van der Waals surface area contributed by atoms with Gasteiger partial charge in [0.1, 0.15) is 17.2 Å². The minimum absolute atomic E-state index is 0.122. The van der Waals surface area contributed by atoms with Gasteiger partial charge in [-0.05, 0) is 51.7 Å². The van der Waals surface area contributed by atoms with Gasteiger partial charge in [0.15, 0.2) is 16.8 Å². The van der Waals surface area contributed by atoms with E-state index >= 15 is 0 Å². The van der Waals surface area contributed by atoms with Crippen molar-refractivity contribution >= 4 is 23.4 Å². The van der Waals surface area contributed by atoms with Gasteiger partial charge in [-0.2, -0.15) is 0 Å². The van der Waals surface area contributed by atoms with Crippen LogP contribution in [0.15, 0.2) is 39.0 Å². The fourth-order valence-corrected chi connectivity index (χ4v) is 4.23. The lowest BCUT2D eigenvalue weighted by Crippen LogP contribution is -2.42. The number of hydrogen-bond acceptors (Lipinski definition) is 8. The van der Waals surface area contributed by atoms with Gasteiger partial charge in [0.05, 0.1) is 11.8 Å². The van der Waals surface area contributed by atoms with Crippen molar-refractivity contribution in [3.8, 4) is 5.69 Å². The second-order valence-electron chi connectivity index (χ2n) is 8.06. The second-order valence-corrected chi connectivity index (χ2v) is 9.01. The highest BCUT2D eigenvalue weighted by Gasteiger charge is 2.24. The molecule has 0 aliphatic heterocycles. The van der Waals surface area contributed by atoms with Gasteiger partial charge in [0, 0.05) is 19.3 Å². The number of nitrogens with zero attached hydrogens (tertiary/aromatic N) is 6. The van der Waals surface area contributed by atoms with Gasteiger partial charge in [-0.25, -0.2) is 9.18 Å². The van der Waals surface area contributed by atoms with E-state index in [9.17, 15) is 18.8 Å². The van der Waals surface area contributed by atoms with Crippen LogP contribution in [-0.2, 0) is 13.6 Å². The molecule has 0 fully saturated rings. The zero-order chi connectivity index (χ0) is 25.2. The summed E-state index contributed by atoms with van der Waals surface area (Å²) in [4.78, 5) is 40.1. The first-order chi connectivity index (χ1) is 16.1. The van der Waals surface area contributed by atoms with Gasteiger partial charge in [0.25, 0.3) is 5.56 Å². The highest BCUT2D eigenvalue weighted by molar-refractivity contribution is 7.99. The Morgan fingerprint density at radius 1 is 1.21 bits per heavy atom. The number of carbonyl (C=O) groups excluding carboxylic acids is 1. The van der Waals surface area contributed by atoms with Crippen LogP contribution in [0, 0.1) is 5.82 Å². The maximum Gasteiger partial charge on any atom is 0.332 e. The van der Waals surface area contributed by atoms with E-state index in [-0.39, 0.29) is 35.5 Å². The van der Waals surface area contributed by atoms with Crippen molar-refractivity contribution < 1.29 is 9.18 Å². The normalized spacial score (nSPS) is 12.3. The fraction of sp³-hybridized carbons (Fsp3) is 0.409. The quantitative estimate of drug-likeness (QED) is 0.357. The van der Waals surface area contributed by atoms with Crippen molar-refractivity contribution in [2.75, 3.05) is 25.6 Å². The molecule has 0 saturated heterocycles. The maximum absolute atomic E-state index is 13.5. The molecule has 2 N–H and O–H groups in total. The van der Waals surface area contributed by atoms with E-state index in [0.717, 1.165) is 16.3 Å². The predicted octanol–water partition coefficient (Wildman–Crippen LogP) is 1.86. The third-order valence-corrected chi connectivity index (χ3v) is 6.46. The summed E-state index contributed by atoms with van der Waals surface area (Å²) in [5.41, 5.74) is 5.18. The molecule has 3 rings (SSSR count). The summed E-state index contributed by atoms with van der Waals surface area (Å²) in [6.45, 7) is 4.10. The van der Waals surface area contributed by atoms with Crippen LogP contribution in [-0.4, -0.2) is 54.4 Å². The van der Waals surface area contributed by atoms with Gasteiger partial charge in [-0.1, -0.05) is 18.7 Å². The molecule has 0 saturated carbocycles. The van der Waals surface area contributed by atoms with E-state index < -0.39 is 17.0 Å². The first kappa shape index (κ1) is 25.4. The summed E-state index contributed by atoms with van der Waals surface area (Å²) < 4.78 is 17.4. The molecule has 2 heterocycles. The van der Waals surface area contributed by atoms with E-state index in [2.05, 4.69) is 10.2 Å². The van der Waals surface area contributed by atoms with Crippen molar-refractivity contribution in [3.63, 3.8) is 0 Å². The lowest BCUT2D eigenvalue weighted by atomic mass is 10.2. The van der Waals surface area contributed by atoms with Crippen LogP contribution >= 0.6 is 11.8 Å². The van der Waals surface area contributed by atoms with Crippen LogP contribution < -0.4 is 17.0 Å². The van der Waals surface area contributed by atoms with Crippen LogP contribution in [0.25, 0.3) is 5.69 Å². The third kappa shape index (κ3) is 4.82. The minimum Gasteiger partial charge on any atom is -0.384 e. The molecule has 34 heavy (non-hydrogen) atoms. The van der Waals surface area contributed by atoms with Gasteiger partial charge < -0.3 is 5.73 Å². The molecule has 0 radical (unpaired) electrons. The van der Waals surface area contributed by atoms with Crippen LogP contribution in [0.5, 0.6) is 0 Å². The lowest BCUT2D eigenvalue weighted by Gasteiger charge is -2.20. The Hall–Kier alpha value is -3.25. The van der Waals surface area contributed by atoms with Crippen LogP contribution in [0.4, 0.5) is 10.2 Å². The van der Waals surface area contributed by atoms with Gasteiger partial charge in [-0.3, -0.25) is 28.2 Å². The average Bonchev–Trinajstić information content (AvgIpc) is 3.23. The smallest absolute Gasteiger partial charge is 0.332 e. The molecule has 3 aromatic rings. The largest absolute Gasteiger partial charge is 0.384 e. The van der Waals surface area contributed by atoms with E-state index in [1.807, 2.05) is 32.8 Å². The lowest BCUT2D eigenvalue weighted by molar-refractivity contribution is 0.102. The number of carbonyl (C=O) groups is 1. The maximum atomic E-state index is 13.5. The second kappa shape index (κ2) is 10.3. The van der Waals surface area contributed by atoms with Crippen LogP contribution in [0.2, 0.25) is 0 Å². The number of nitrogen functional groups attached to an aromatic ring is 1.